The molecule has 192 valence electrons. The van der Waals surface area contributed by atoms with Crippen LogP contribution >= 0.6 is 0 Å². The van der Waals surface area contributed by atoms with Crippen molar-refractivity contribution >= 4 is 23.3 Å². The van der Waals surface area contributed by atoms with Gasteiger partial charge in [0, 0.05) is 45.8 Å². The molecule has 1 aromatic heterocycles. The lowest BCUT2D eigenvalue weighted by Gasteiger charge is -2.36. The molecular formula is C24H30N6O6. The molecule has 36 heavy (non-hydrogen) atoms. The van der Waals surface area contributed by atoms with E-state index in [1.165, 1.54) is 6.33 Å². The van der Waals surface area contributed by atoms with E-state index in [4.69, 9.17) is 14.2 Å². The quantitative estimate of drug-likeness (QED) is 0.317. The van der Waals surface area contributed by atoms with Crippen LogP contribution in [-0.2, 0) is 16.1 Å². The van der Waals surface area contributed by atoms with E-state index in [0.717, 1.165) is 43.1 Å². The van der Waals surface area contributed by atoms with E-state index in [1.54, 1.807) is 6.92 Å². The molecule has 2 saturated heterocycles. The Kier molecular flexibility index (Phi) is 7.03. The van der Waals surface area contributed by atoms with Gasteiger partial charge in [-0.2, -0.15) is 0 Å². The molecule has 0 N–H and O–H groups in total. The Labute approximate surface area is 208 Å². The van der Waals surface area contributed by atoms with Crippen molar-refractivity contribution in [3.8, 4) is 11.5 Å². The fourth-order valence-corrected chi connectivity index (χ4v) is 5.02. The fourth-order valence-electron chi connectivity index (χ4n) is 5.02. The number of carbonyl (C=O) groups excluding carboxylic acids is 1. The molecule has 12 nitrogen and oxygen atoms in total. The summed E-state index contributed by atoms with van der Waals surface area (Å²) in [7, 11) is 0. The summed E-state index contributed by atoms with van der Waals surface area (Å²) in [5.74, 6) is 1.53. The van der Waals surface area contributed by atoms with Gasteiger partial charge in [0.25, 0.3) is 0 Å². The number of esters is 1. The van der Waals surface area contributed by atoms with Gasteiger partial charge in [0.05, 0.1) is 17.4 Å². The fraction of sp³-hybridized carbons (Fsp3) is 0.542. The van der Waals surface area contributed by atoms with Crippen molar-refractivity contribution in [1.82, 2.24) is 14.9 Å². The van der Waals surface area contributed by atoms with Gasteiger partial charge in [0.1, 0.15) is 6.33 Å². The predicted octanol–water partition coefficient (Wildman–Crippen LogP) is 2.22. The highest BCUT2D eigenvalue weighted by atomic mass is 16.7. The third-order valence-corrected chi connectivity index (χ3v) is 6.82. The van der Waals surface area contributed by atoms with Gasteiger partial charge in [-0.15, -0.1) is 0 Å². The van der Waals surface area contributed by atoms with Gasteiger partial charge in [-0.25, -0.2) is 9.97 Å². The van der Waals surface area contributed by atoms with Crippen molar-refractivity contribution in [2.24, 2.45) is 5.92 Å². The lowest BCUT2D eigenvalue weighted by molar-refractivity contribution is -0.383. The van der Waals surface area contributed by atoms with E-state index in [9.17, 15) is 14.9 Å². The summed E-state index contributed by atoms with van der Waals surface area (Å²) < 4.78 is 16.0. The lowest BCUT2D eigenvalue weighted by atomic mass is 9.98. The number of aromatic nitrogens is 2. The molecule has 3 aliphatic heterocycles. The number of hydrogen-bond acceptors (Lipinski definition) is 11. The Hall–Kier alpha value is -3.67. The average molecular weight is 499 g/mol. The molecule has 0 amide bonds. The number of nitro groups is 1. The van der Waals surface area contributed by atoms with Crippen molar-refractivity contribution < 1.29 is 23.9 Å². The SMILES string of the molecule is CCOC(=O)C1CCCN(c2ncnc(N3CCN(Cc4ccc5c(c4)OCO5)CC3)c2[N+](=O)[O-])C1. The van der Waals surface area contributed by atoms with Crippen LogP contribution in [0.2, 0.25) is 0 Å². The summed E-state index contributed by atoms with van der Waals surface area (Å²) in [4.78, 5) is 38.7. The molecule has 2 aromatic rings. The van der Waals surface area contributed by atoms with E-state index in [0.29, 0.717) is 45.0 Å². The van der Waals surface area contributed by atoms with Crippen LogP contribution < -0.4 is 19.3 Å². The zero-order valence-corrected chi connectivity index (χ0v) is 20.3. The topological polar surface area (TPSA) is 123 Å². The monoisotopic (exact) mass is 498 g/mol. The van der Waals surface area contributed by atoms with Crippen LogP contribution in [0.15, 0.2) is 24.5 Å². The van der Waals surface area contributed by atoms with Crippen molar-refractivity contribution in [3.63, 3.8) is 0 Å². The number of hydrogen-bond donors (Lipinski definition) is 0. The van der Waals surface area contributed by atoms with Crippen LogP contribution in [0, 0.1) is 16.0 Å². The zero-order valence-electron chi connectivity index (χ0n) is 20.3. The molecule has 12 heteroatoms. The van der Waals surface area contributed by atoms with Gasteiger partial charge in [-0.1, -0.05) is 6.07 Å². The number of ether oxygens (including phenoxy) is 3. The van der Waals surface area contributed by atoms with Crippen LogP contribution in [0.1, 0.15) is 25.3 Å². The summed E-state index contributed by atoms with van der Waals surface area (Å²) in [6.45, 7) is 6.71. The Balaban J connectivity index is 1.28. The maximum absolute atomic E-state index is 12.3. The van der Waals surface area contributed by atoms with Crippen LogP contribution in [0.4, 0.5) is 17.3 Å². The maximum atomic E-state index is 12.3. The second-order valence-electron chi connectivity index (χ2n) is 9.11. The highest BCUT2D eigenvalue weighted by molar-refractivity contribution is 5.75. The molecule has 0 bridgehead atoms. The van der Waals surface area contributed by atoms with Crippen LogP contribution in [0.25, 0.3) is 0 Å². The number of piperidine rings is 1. The summed E-state index contributed by atoms with van der Waals surface area (Å²) in [6, 6.07) is 5.95. The summed E-state index contributed by atoms with van der Waals surface area (Å²) in [5, 5.41) is 12.2. The van der Waals surface area contributed by atoms with Gasteiger partial charge >= 0.3 is 11.7 Å². The van der Waals surface area contributed by atoms with E-state index in [-0.39, 0.29) is 30.2 Å². The standard InChI is InChI=1S/C24H30N6O6/c1-2-34-24(31)18-4-3-7-29(14-18)23-21(30(32)33)22(25-15-26-23)28-10-8-27(9-11-28)13-17-5-6-19-20(12-17)36-16-35-19/h5-6,12,15,18H,2-4,7-11,13-14,16H2,1H3. The first-order chi connectivity index (χ1) is 17.5. The minimum absolute atomic E-state index is 0.105. The van der Waals surface area contributed by atoms with Gasteiger partial charge in [-0.05, 0) is 37.5 Å². The Morgan fingerprint density at radius 2 is 1.86 bits per heavy atom. The maximum Gasteiger partial charge on any atom is 0.353 e. The summed E-state index contributed by atoms with van der Waals surface area (Å²) >= 11 is 0. The number of carbonyl (C=O) groups is 1. The first kappa shape index (κ1) is 24.0. The molecule has 1 unspecified atom stereocenters. The summed E-state index contributed by atoms with van der Waals surface area (Å²) in [6.07, 6.45) is 2.82. The van der Waals surface area contributed by atoms with Crippen LogP contribution in [-0.4, -0.2) is 78.4 Å². The van der Waals surface area contributed by atoms with Crippen molar-refractivity contribution in [3.05, 3.63) is 40.2 Å². The number of fused-ring (bicyclic) bond motifs is 1. The predicted molar refractivity (Wildman–Crippen MR) is 130 cm³/mol. The van der Waals surface area contributed by atoms with E-state index >= 15 is 0 Å². The van der Waals surface area contributed by atoms with Crippen LogP contribution in [0.3, 0.4) is 0 Å². The molecular weight excluding hydrogens is 468 g/mol. The molecule has 0 radical (unpaired) electrons. The molecule has 0 spiro atoms. The van der Waals surface area contributed by atoms with Gasteiger partial charge in [-0.3, -0.25) is 19.8 Å². The number of benzene rings is 1. The third-order valence-electron chi connectivity index (χ3n) is 6.82. The lowest BCUT2D eigenvalue weighted by Crippen LogP contribution is -2.46. The molecule has 1 atom stereocenters. The molecule has 3 aliphatic rings. The van der Waals surface area contributed by atoms with Crippen molar-refractivity contribution in [1.29, 1.82) is 0 Å². The second-order valence-corrected chi connectivity index (χ2v) is 9.11. The number of nitrogens with zero attached hydrogens (tertiary/aromatic N) is 6. The van der Waals surface area contributed by atoms with Gasteiger partial charge in [0.2, 0.25) is 18.4 Å². The number of anilines is 2. The first-order valence-electron chi connectivity index (χ1n) is 12.3. The largest absolute Gasteiger partial charge is 0.466 e. The number of rotatable bonds is 7. The number of piperazine rings is 1. The smallest absolute Gasteiger partial charge is 0.353 e. The third kappa shape index (κ3) is 4.99. The second kappa shape index (κ2) is 10.5. The zero-order chi connectivity index (χ0) is 25.1. The molecule has 5 rings (SSSR count). The molecule has 4 heterocycles. The molecule has 2 fully saturated rings. The Bertz CT molecular complexity index is 1120. The minimum atomic E-state index is -0.405. The molecule has 0 aliphatic carbocycles. The van der Waals surface area contributed by atoms with Crippen molar-refractivity contribution in [2.75, 3.05) is 62.5 Å². The Morgan fingerprint density at radius 1 is 1.11 bits per heavy atom. The molecule has 0 saturated carbocycles. The highest BCUT2D eigenvalue weighted by Gasteiger charge is 2.35. The average Bonchev–Trinajstić information content (AvgIpc) is 3.37. The van der Waals surface area contributed by atoms with E-state index in [2.05, 4.69) is 14.9 Å². The van der Waals surface area contributed by atoms with Crippen molar-refractivity contribution in [2.45, 2.75) is 26.3 Å². The Morgan fingerprint density at radius 3 is 2.61 bits per heavy atom. The van der Waals surface area contributed by atoms with E-state index < -0.39 is 4.92 Å². The highest BCUT2D eigenvalue weighted by Crippen LogP contribution is 2.37. The van der Waals surface area contributed by atoms with Gasteiger partial charge in [0.15, 0.2) is 11.5 Å². The molecule has 1 aromatic carbocycles. The first-order valence-corrected chi connectivity index (χ1v) is 12.3. The van der Waals surface area contributed by atoms with Crippen LogP contribution in [0.5, 0.6) is 11.5 Å². The summed E-state index contributed by atoms with van der Waals surface area (Å²) in [5.41, 5.74) is 1.02. The van der Waals surface area contributed by atoms with E-state index in [1.807, 2.05) is 28.0 Å². The minimum Gasteiger partial charge on any atom is -0.466 e. The van der Waals surface area contributed by atoms with Gasteiger partial charge < -0.3 is 24.0 Å². The normalized spacial score (nSPS) is 19.9.